The quantitative estimate of drug-likeness (QED) is 0.180. The maximum atomic E-state index is 2.99. The highest BCUT2D eigenvalue weighted by molar-refractivity contribution is 5.14. The van der Waals surface area contributed by atoms with Gasteiger partial charge in [0.25, 0.3) is 0 Å². The molecule has 3 aliphatic rings. The van der Waals surface area contributed by atoms with Crippen molar-refractivity contribution in [3.63, 3.8) is 0 Å². The Hall–Kier alpha value is -0.500. The zero-order chi connectivity index (χ0) is 32.2. The number of rotatable bonds is 14. The van der Waals surface area contributed by atoms with E-state index in [1.165, 1.54) is 122 Å². The molecule has 0 aromatic rings. The van der Waals surface area contributed by atoms with Crippen molar-refractivity contribution in [3.05, 3.63) is 11.8 Å². The van der Waals surface area contributed by atoms with E-state index in [0.717, 1.165) is 47.5 Å². The summed E-state index contributed by atoms with van der Waals surface area (Å²) in [6.07, 6.45) is 29.2. The van der Waals surface area contributed by atoms with E-state index in [2.05, 4.69) is 85.4 Å². The molecule has 2 nitrogen and oxygen atoms in total. The van der Waals surface area contributed by atoms with Gasteiger partial charge in [0, 0.05) is 36.8 Å². The van der Waals surface area contributed by atoms with Crippen LogP contribution in [0.25, 0.3) is 0 Å². The second-order valence-electron chi connectivity index (χ2n) is 16.7. The fourth-order valence-corrected chi connectivity index (χ4v) is 10.8. The lowest BCUT2D eigenvalue weighted by molar-refractivity contribution is -0.0497. The van der Waals surface area contributed by atoms with E-state index in [4.69, 9.17) is 0 Å². The Morgan fingerprint density at radius 2 is 1.59 bits per heavy atom. The predicted molar refractivity (Wildman–Crippen MR) is 196 cm³/mol. The Balaban J connectivity index is 2.02. The van der Waals surface area contributed by atoms with Crippen molar-refractivity contribution >= 4 is 0 Å². The Labute approximate surface area is 278 Å². The highest BCUT2D eigenvalue weighted by Crippen LogP contribution is 2.53. The second kappa shape index (κ2) is 19.4. The maximum Gasteiger partial charge on any atom is 0.0345 e. The predicted octanol–water partition coefficient (Wildman–Crippen LogP) is 12.4. The van der Waals surface area contributed by atoms with Gasteiger partial charge in [-0.3, -0.25) is 4.90 Å². The van der Waals surface area contributed by atoms with Gasteiger partial charge in [-0.2, -0.15) is 0 Å². The van der Waals surface area contributed by atoms with Crippen LogP contribution in [-0.2, 0) is 0 Å². The smallest absolute Gasteiger partial charge is 0.0345 e. The van der Waals surface area contributed by atoms with Crippen molar-refractivity contribution in [2.24, 2.45) is 47.3 Å². The molecule has 2 aliphatic carbocycles. The van der Waals surface area contributed by atoms with Gasteiger partial charge in [0.1, 0.15) is 0 Å². The Morgan fingerprint density at radius 3 is 2.27 bits per heavy atom. The van der Waals surface area contributed by atoms with Crippen LogP contribution in [0, 0.1) is 47.3 Å². The van der Waals surface area contributed by atoms with Crippen LogP contribution in [0.3, 0.4) is 0 Å². The monoisotopic (exact) mass is 613 g/mol. The number of hydrogen-bond donors (Lipinski definition) is 0. The number of unbranched alkanes of at least 4 members (excludes halogenated alkanes) is 4. The average Bonchev–Trinajstić information content (AvgIpc) is 3.01. The van der Waals surface area contributed by atoms with Gasteiger partial charge >= 0.3 is 0 Å². The molecule has 2 saturated carbocycles. The van der Waals surface area contributed by atoms with E-state index < -0.39 is 0 Å². The number of hydrogen-bond acceptors (Lipinski definition) is 2. The molecule has 0 aromatic carbocycles. The van der Waals surface area contributed by atoms with E-state index in [9.17, 15) is 0 Å². The summed E-state index contributed by atoms with van der Waals surface area (Å²) in [6, 6.07) is 2.08. The Morgan fingerprint density at radius 1 is 0.864 bits per heavy atom. The first kappa shape index (κ1) is 38.0. The van der Waals surface area contributed by atoms with Crippen LogP contribution < -0.4 is 0 Å². The van der Waals surface area contributed by atoms with Crippen molar-refractivity contribution in [1.82, 2.24) is 9.80 Å². The van der Waals surface area contributed by atoms with Crippen LogP contribution >= 0.6 is 0 Å². The standard InChI is InChI=1S/C42H80N2/c1-11-15-18-23-32(6)37-27-21-24-35-30-33(7)34(8)42(41(35)37)44(10)40(28-17-13-3)38-26-20-19-22-31(5)29-36(25-16-12-2)43(9)39(38)14-4/h28,31-39,41-42H,11-27,29-30H2,1-10H3/b40-28+. The number of allylic oxidation sites excluding steroid dienone is 1. The van der Waals surface area contributed by atoms with Gasteiger partial charge in [-0.1, -0.05) is 139 Å². The van der Waals surface area contributed by atoms with Gasteiger partial charge in [0.15, 0.2) is 0 Å². The molecule has 0 aromatic heterocycles. The minimum atomic E-state index is 0.648. The fourth-order valence-electron chi connectivity index (χ4n) is 10.8. The first-order valence-electron chi connectivity index (χ1n) is 20.3. The average molecular weight is 613 g/mol. The lowest BCUT2D eigenvalue weighted by Gasteiger charge is -2.57. The molecule has 0 radical (unpaired) electrons. The minimum Gasteiger partial charge on any atom is -0.374 e. The summed E-state index contributed by atoms with van der Waals surface area (Å²) in [5.74, 6) is 6.71. The highest BCUT2D eigenvalue weighted by Gasteiger charge is 2.49. The van der Waals surface area contributed by atoms with E-state index in [-0.39, 0.29) is 0 Å². The molecule has 3 fully saturated rings. The van der Waals surface area contributed by atoms with Crippen LogP contribution in [0.2, 0.25) is 0 Å². The van der Waals surface area contributed by atoms with E-state index in [1.54, 1.807) is 5.70 Å². The molecule has 11 atom stereocenters. The summed E-state index contributed by atoms with van der Waals surface area (Å²) in [7, 11) is 5.12. The first-order valence-corrected chi connectivity index (χ1v) is 20.3. The summed E-state index contributed by atoms with van der Waals surface area (Å²) >= 11 is 0. The summed E-state index contributed by atoms with van der Waals surface area (Å²) in [6.45, 7) is 20.1. The van der Waals surface area contributed by atoms with Crippen LogP contribution in [-0.4, -0.2) is 42.0 Å². The highest BCUT2D eigenvalue weighted by atomic mass is 15.2. The van der Waals surface area contributed by atoms with Crippen molar-refractivity contribution in [2.45, 2.75) is 196 Å². The van der Waals surface area contributed by atoms with E-state index in [0.29, 0.717) is 18.0 Å². The SMILES string of the molecule is CCC/C=C(\C1CCCCC(C)CC(CCCC)N(C)C1CC)N(C)C1C(C)C(C)CC2CCCC(C(C)CCCCC)C21. The normalized spacial score (nSPS) is 36.9. The van der Waals surface area contributed by atoms with Crippen molar-refractivity contribution in [1.29, 1.82) is 0 Å². The number of fused-ring (bicyclic) bond motifs is 1. The summed E-state index contributed by atoms with van der Waals surface area (Å²) in [4.78, 5) is 5.91. The fraction of sp³-hybridized carbons (Fsp3) is 0.952. The molecule has 3 rings (SSSR count). The Kier molecular flexibility index (Phi) is 16.7. The molecule has 0 amide bonds. The first-order chi connectivity index (χ1) is 21.2. The number of nitrogens with zero attached hydrogens (tertiary/aromatic N) is 2. The maximum absolute atomic E-state index is 2.99. The third-order valence-electron chi connectivity index (χ3n) is 13.5. The van der Waals surface area contributed by atoms with Crippen LogP contribution in [0.5, 0.6) is 0 Å². The van der Waals surface area contributed by atoms with Gasteiger partial charge in [-0.15, -0.1) is 0 Å². The van der Waals surface area contributed by atoms with Crippen molar-refractivity contribution in [3.8, 4) is 0 Å². The van der Waals surface area contributed by atoms with Crippen LogP contribution in [0.1, 0.15) is 177 Å². The molecule has 44 heavy (non-hydrogen) atoms. The summed E-state index contributed by atoms with van der Waals surface area (Å²) in [5, 5.41) is 0. The molecule has 1 heterocycles. The van der Waals surface area contributed by atoms with Gasteiger partial charge in [0.2, 0.25) is 0 Å². The third kappa shape index (κ3) is 9.76. The molecule has 0 spiro atoms. The largest absolute Gasteiger partial charge is 0.374 e. The lowest BCUT2D eigenvalue weighted by atomic mass is 9.55. The zero-order valence-electron chi connectivity index (χ0n) is 31.8. The zero-order valence-corrected chi connectivity index (χ0v) is 31.8. The molecule has 258 valence electrons. The van der Waals surface area contributed by atoms with Gasteiger partial charge in [-0.05, 0) is 93.4 Å². The molecule has 11 unspecified atom stereocenters. The van der Waals surface area contributed by atoms with Gasteiger partial charge in [-0.25, -0.2) is 0 Å². The van der Waals surface area contributed by atoms with Crippen LogP contribution in [0.4, 0.5) is 0 Å². The summed E-state index contributed by atoms with van der Waals surface area (Å²) in [5.41, 5.74) is 1.75. The second-order valence-corrected chi connectivity index (χ2v) is 16.7. The summed E-state index contributed by atoms with van der Waals surface area (Å²) < 4.78 is 0. The van der Waals surface area contributed by atoms with E-state index in [1.807, 2.05) is 0 Å². The molecule has 1 saturated heterocycles. The van der Waals surface area contributed by atoms with Crippen molar-refractivity contribution < 1.29 is 0 Å². The Bertz CT molecular complexity index is 804. The molecule has 2 heteroatoms. The molecule has 1 aliphatic heterocycles. The minimum absolute atomic E-state index is 0.648. The molecular weight excluding hydrogens is 532 g/mol. The van der Waals surface area contributed by atoms with E-state index >= 15 is 0 Å². The van der Waals surface area contributed by atoms with Crippen molar-refractivity contribution in [2.75, 3.05) is 14.1 Å². The lowest BCUT2D eigenvalue weighted by Crippen LogP contribution is -2.56. The topological polar surface area (TPSA) is 6.48 Å². The van der Waals surface area contributed by atoms with Crippen LogP contribution in [0.15, 0.2) is 11.8 Å². The third-order valence-corrected chi connectivity index (χ3v) is 13.5. The molecule has 0 bridgehead atoms. The van der Waals surface area contributed by atoms with Gasteiger partial charge in [0.05, 0.1) is 0 Å². The molecule has 0 N–H and O–H groups in total. The molecular formula is C42H80N2. The van der Waals surface area contributed by atoms with Gasteiger partial charge < -0.3 is 4.90 Å².